The van der Waals surface area contributed by atoms with E-state index in [-0.39, 0.29) is 82.2 Å². The molecule has 0 aliphatic rings. The van der Waals surface area contributed by atoms with Crippen LogP contribution in [0.5, 0.6) is 5.75 Å². The second-order valence-electron chi connectivity index (χ2n) is 1.34. The third kappa shape index (κ3) is 7.53. The Morgan fingerprint density at radius 3 is 1.70 bits per heavy atom. The fourth-order valence-corrected chi connectivity index (χ4v) is 0.428. The van der Waals surface area contributed by atoms with E-state index in [4.69, 9.17) is 5.11 Å². The molecule has 1 rings (SSSR count). The summed E-state index contributed by atoms with van der Waals surface area (Å²) in [5, 5.41) is 8.63. The molecule has 0 fully saturated rings. The van der Waals surface area contributed by atoms with Crippen LogP contribution in [-0.2, 0) is 0 Å². The fraction of sp³-hybridized carbons (Fsp3) is 0. The first-order valence-electron chi connectivity index (χ1n) is 2.13. The smallest absolute Gasteiger partial charge is 1.00 e. The molecule has 1 nitrogen and oxygen atoms in total. The number of phenolic OH excluding ortho intramolecular Hbond substituents is 1. The molecule has 0 spiro atoms. The minimum atomic E-state index is 0. The van der Waals surface area contributed by atoms with Gasteiger partial charge in [-0.2, -0.15) is 0 Å². The Bertz CT molecular complexity index is 153. The van der Waals surface area contributed by atoms with Crippen molar-refractivity contribution in [3.8, 4) is 5.75 Å². The molecule has 1 N–H and O–H groups in total. The van der Waals surface area contributed by atoms with E-state index in [0.29, 0.717) is 5.75 Å². The van der Waals surface area contributed by atoms with Crippen molar-refractivity contribution in [3.63, 3.8) is 0 Å². The first kappa shape index (κ1) is 17.5. The van der Waals surface area contributed by atoms with E-state index in [1.54, 1.807) is 24.3 Å². The quantitative estimate of drug-likeness (QED) is 0.617. The summed E-state index contributed by atoms with van der Waals surface area (Å²) in [5.41, 5.74) is 0. The summed E-state index contributed by atoms with van der Waals surface area (Å²) in [6.07, 6.45) is 0. The van der Waals surface area contributed by atoms with Gasteiger partial charge in [-0.15, -0.1) is 29.4 Å². The van der Waals surface area contributed by atoms with E-state index in [1.807, 2.05) is 6.07 Å². The Hall–Kier alpha value is 1.43. The number of aromatic hydroxyl groups is 1. The number of para-hydroxylation sites is 1. The van der Waals surface area contributed by atoms with Crippen molar-refractivity contribution >= 4 is 29.4 Å². The van der Waals surface area contributed by atoms with E-state index >= 15 is 0 Å². The Balaban J connectivity index is -0.0000000612. The fourth-order valence-electron chi connectivity index (χ4n) is 0.428. The summed E-state index contributed by atoms with van der Waals surface area (Å²) in [7, 11) is 0. The zero-order valence-corrected chi connectivity index (χ0v) is 11.3. The zero-order valence-electron chi connectivity index (χ0n) is 6.65. The van der Waals surface area contributed by atoms with Crippen LogP contribution in [0, 0.1) is 0 Å². The molecule has 4 heteroatoms. The molecule has 1 aromatic carbocycles. The minimum absolute atomic E-state index is 0. The summed E-state index contributed by atoms with van der Waals surface area (Å²) in [5.74, 6) is 0.322. The van der Waals surface area contributed by atoms with Crippen molar-refractivity contribution in [2.75, 3.05) is 0 Å². The van der Waals surface area contributed by atoms with Gasteiger partial charge in [0.05, 0.1) is 0 Å². The molecule has 0 bridgehead atoms. The third-order valence-corrected chi connectivity index (χ3v) is 0.756. The number of rotatable bonds is 0. The van der Waals surface area contributed by atoms with Gasteiger partial charge < -0.3 is 6.53 Å². The summed E-state index contributed by atoms with van der Waals surface area (Å²) >= 11 is 0. The van der Waals surface area contributed by atoms with E-state index in [9.17, 15) is 0 Å². The Morgan fingerprint density at radius 1 is 1.10 bits per heavy atom. The molecule has 0 radical (unpaired) electrons. The number of hydrogen-bond acceptors (Lipinski definition) is 1. The van der Waals surface area contributed by atoms with Crippen molar-refractivity contribution in [2.24, 2.45) is 0 Å². The molecule has 0 saturated heterocycles. The largest absolute Gasteiger partial charge is 1.00 e. The van der Waals surface area contributed by atoms with Crippen LogP contribution >= 0.6 is 29.4 Å². The number of phenols is 1. The molecule has 10 heavy (non-hydrogen) atoms. The first-order chi connectivity index (χ1) is 3.39. The molecule has 0 saturated carbocycles. The van der Waals surface area contributed by atoms with Gasteiger partial charge in [-0.1, -0.05) is 18.2 Å². The van der Waals surface area contributed by atoms with Crippen molar-refractivity contribution in [3.05, 3.63) is 30.3 Å². The second kappa shape index (κ2) is 10.4. The molecule has 0 heterocycles. The Kier molecular flexibility index (Phi) is 18.2. The topological polar surface area (TPSA) is 20.2 Å². The van der Waals surface area contributed by atoms with Crippen LogP contribution in [0.4, 0.5) is 0 Å². The van der Waals surface area contributed by atoms with Crippen LogP contribution < -0.4 is 51.4 Å². The van der Waals surface area contributed by atoms with Gasteiger partial charge in [0.2, 0.25) is 0 Å². The standard InChI is InChI=1S/C6H6O.BrH.ClH.K.H/c7-6-4-2-1-3-5-6;;;;/h1-5,7H;2*1H;;/q;;;+1;-1. The van der Waals surface area contributed by atoms with Crippen molar-refractivity contribution < 1.29 is 57.9 Å². The first-order valence-corrected chi connectivity index (χ1v) is 2.13. The SMILES string of the molecule is Br.Cl.Oc1ccccc1.[H-].[K+]. The van der Waals surface area contributed by atoms with Crippen LogP contribution in [0.25, 0.3) is 0 Å². The molecule has 54 valence electrons. The molecule has 0 unspecified atom stereocenters. The van der Waals surface area contributed by atoms with Gasteiger partial charge >= 0.3 is 51.4 Å². The number of benzene rings is 1. The molecule has 1 aromatic rings. The molecule has 0 amide bonds. The molecular formula is C6H9BrClKO. The summed E-state index contributed by atoms with van der Waals surface area (Å²) in [4.78, 5) is 0. The predicted octanol–water partition coefficient (Wildman–Crippen LogP) is -0.492. The molecule has 0 aliphatic heterocycles. The van der Waals surface area contributed by atoms with Crippen LogP contribution in [0.3, 0.4) is 0 Å². The second-order valence-corrected chi connectivity index (χ2v) is 1.34. The van der Waals surface area contributed by atoms with Crippen molar-refractivity contribution in [1.82, 2.24) is 0 Å². The molecule has 0 atom stereocenters. The molecule has 0 aliphatic carbocycles. The van der Waals surface area contributed by atoms with Crippen molar-refractivity contribution in [2.45, 2.75) is 0 Å². The normalized spacial score (nSPS) is 6.00. The van der Waals surface area contributed by atoms with E-state index < -0.39 is 0 Å². The average molecular weight is 252 g/mol. The van der Waals surface area contributed by atoms with Gasteiger partial charge in [-0.25, -0.2) is 0 Å². The van der Waals surface area contributed by atoms with Crippen molar-refractivity contribution in [1.29, 1.82) is 0 Å². The van der Waals surface area contributed by atoms with Gasteiger partial charge in [0.15, 0.2) is 0 Å². The van der Waals surface area contributed by atoms with E-state index in [0.717, 1.165) is 0 Å². The maximum Gasteiger partial charge on any atom is 1.00 e. The summed E-state index contributed by atoms with van der Waals surface area (Å²) in [6, 6.07) is 8.71. The maximum absolute atomic E-state index is 8.63. The third-order valence-electron chi connectivity index (χ3n) is 0.756. The molecule has 0 aromatic heterocycles. The monoisotopic (exact) mass is 250 g/mol. The van der Waals surface area contributed by atoms with Gasteiger partial charge in [0.25, 0.3) is 0 Å². The van der Waals surface area contributed by atoms with Gasteiger partial charge in [-0.3, -0.25) is 0 Å². The van der Waals surface area contributed by atoms with Crippen LogP contribution in [0.15, 0.2) is 30.3 Å². The van der Waals surface area contributed by atoms with Gasteiger partial charge in [0.1, 0.15) is 5.75 Å². The summed E-state index contributed by atoms with van der Waals surface area (Å²) in [6.45, 7) is 0. The predicted molar refractivity (Wildman–Crippen MR) is 46.8 cm³/mol. The number of halogens is 2. The number of hydrogen-bond donors (Lipinski definition) is 1. The Labute approximate surface area is 121 Å². The van der Waals surface area contributed by atoms with E-state index in [2.05, 4.69) is 0 Å². The van der Waals surface area contributed by atoms with Crippen LogP contribution in [0.1, 0.15) is 1.43 Å². The van der Waals surface area contributed by atoms with Gasteiger partial charge in [0, 0.05) is 0 Å². The van der Waals surface area contributed by atoms with E-state index in [1.165, 1.54) is 0 Å². The van der Waals surface area contributed by atoms with Gasteiger partial charge in [-0.05, 0) is 12.1 Å². The minimum Gasteiger partial charge on any atom is -1.00 e. The Morgan fingerprint density at radius 2 is 1.50 bits per heavy atom. The average Bonchev–Trinajstić information content (AvgIpc) is 1.69. The zero-order chi connectivity index (χ0) is 5.11. The van der Waals surface area contributed by atoms with Crippen LogP contribution in [-0.4, -0.2) is 5.11 Å². The summed E-state index contributed by atoms with van der Waals surface area (Å²) < 4.78 is 0. The van der Waals surface area contributed by atoms with Crippen LogP contribution in [0.2, 0.25) is 0 Å². The maximum atomic E-state index is 8.63. The molecular weight excluding hydrogens is 243 g/mol.